The highest BCUT2D eigenvalue weighted by Crippen LogP contribution is 2.29. The first-order valence-electron chi connectivity index (χ1n) is 9.89. The van der Waals surface area contributed by atoms with Crippen molar-refractivity contribution in [2.24, 2.45) is 0 Å². The number of aromatic nitrogens is 1. The van der Waals surface area contributed by atoms with Crippen molar-refractivity contribution in [3.8, 4) is 11.5 Å². The number of thiazole rings is 1. The van der Waals surface area contributed by atoms with Crippen LogP contribution in [0.25, 0.3) is 10.2 Å². The summed E-state index contributed by atoms with van der Waals surface area (Å²) in [6.07, 6.45) is 0. The number of carbonyl (C=O) groups excluding carboxylic acids is 2. The SMILES string of the molecule is COc1ccc2nc(NC(=O)COC(=O)c3ccccc3OCc3ccc(F)cc3)sc2c1. The first-order valence-corrected chi connectivity index (χ1v) is 10.7. The third-order valence-electron chi connectivity index (χ3n) is 4.59. The summed E-state index contributed by atoms with van der Waals surface area (Å²) >= 11 is 1.29. The van der Waals surface area contributed by atoms with E-state index in [0.717, 1.165) is 15.8 Å². The zero-order valence-electron chi connectivity index (χ0n) is 17.5. The number of nitrogens with zero attached hydrogens (tertiary/aromatic N) is 1. The molecule has 1 aromatic heterocycles. The van der Waals surface area contributed by atoms with E-state index in [2.05, 4.69) is 10.3 Å². The lowest BCUT2D eigenvalue weighted by Crippen LogP contribution is -2.21. The van der Waals surface area contributed by atoms with Gasteiger partial charge < -0.3 is 14.2 Å². The molecule has 0 spiro atoms. The number of hydrogen-bond donors (Lipinski definition) is 1. The molecule has 0 aliphatic carbocycles. The molecule has 4 rings (SSSR count). The summed E-state index contributed by atoms with van der Waals surface area (Å²) in [5, 5.41) is 3.02. The molecule has 7 nitrogen and oxygen atoms in total. The van der Waals surface area contributed by atoms with Gasteiger partial charge in [-0.2, -0.15) is 0 Å². The number of esters is 1. The van der Waals surface area contributed by atoms with E-state index in [1.54, 1.807) is 55.6 Å². The van der Waals surface area contributed by atoms with Crippen molar-refractivity contribution in [1.82, 2.24) is 4.98 Å². The molecule has 4 aromatic rings. The molecule has 9 heteroatoms. The topological polar surface area (TPSA) is 86.8 Å². The first-order chi connectivity index (χ1) is 16.0. The molecule has 0 aliphatic heterocycles. The van der Waals surface area contributed by atoms with E-state index in [4.69, 9.17) is 14.2 Å². The Hall–Kier alpha value is -3.98. The Bertz CT molecular complexity index is 1290. The number of benzene rings is 3. The third kappa shape index (κ3) is 5.64. The van der Waals surface area contributed by atoms with Crippen molar-refractivity contribution in [2.75, 3.05) is 19.0 Å². The lowest BCUT2D eigenvalue weighted by Gasteiger charge is -2.11. The summed E-state index contributed by atoms with van der Waals surface area (Å²) in [7, 11) is 1.57. The van der Waals surface area contributed by atoms with E-state index < -0.39 is 18.5 Å². The number of fused-ring (bicyclic) bond motifs is 1. The van der Waals surface area contributed by atoms with E-state index in [0.29, 0.717) is 16.6 Å². The maximum atomic E-state index is 13.0. The van der Waals surface area contributed by atoms with E-state index >= 15 is 0 Å². The Kier molecular flexibility index (Phi) is 6.80. The molecule has 1 amide bonds. The number of methoxy groups -OCH3 is 1. The van der Waals surface area contributed by atoms with Gasteiger partial charge in [0.15, 0.2) is 11.7 Å². The standard InChI is InChI=1S/C24H19FN2O5S/c1-30-17-10-11-19-21(12-17)33-24(26-19)27-22(28)14-32-23(29)18-4-2-3-5-20(18)31-13-15-6-8-16(25)9-7-15/h2-12H,13-14H2,1H3,(H,26,27,28). The van der Waals surface area contributed by atoms with Crippen LogP contribution in [-0.4, -0.2) is 30.6 Å². The number of ether oxygens (including phenoxy) is 3. The van der Waals surface area contributed by atoms with E-state index in [9.17, 15) is 14.0 Å². The number of anilines is 1. The third-order valence-corrected chi connectivity index (χ3v) is 5.52. The van der Waals surface area contributed by atoms with Crippen molar-refractivity contribution in [3.63, 3.8) is 0 Å². The Morgan fingerprint density at radius 1 is 1.06 bits per heavy atom. The van der Waals surface area contributed by atoms with Crippen LogP contribution < -0.4 is 14.8 Å². The summed E-state index contributed by atoms with van der Waals surface area (Å²) in [4.78, 5) is 29.1. The van der Waals surface area contributed by atoms with Crippen LogP contribution in [0.15, 0.2) is 66.7 Å². The lowest BCUT2D eigenvalue weighted by atomic mass is 10.2. The molecule has 0 atom stereocenters. The van der Waals surface area contributed by atoms with Gasteiger partial charge in [0.25, 0.3) is 5.91 Å². The Balaban J connectivity index is 1.34. The minimum Gasteiger partial charge on any atom is -0.497 e. The molecule has 1 heterocycles. The number of nitrogens with one attached hydrogen (secondary N) is 1. The average molecular weight is 466 g/mol. The van der Waals surface area contributed by atoms with Gasteiger partial charge in [0, 0.05) is 0 Å². The van der Waals surface area contributed by atoms with Gasteiger partial charge in [0.05, 0.1) is 17.3 Å². The van der Waals surface area contributed by atoms with Gasteiger partial charge in [-0.3, -0.25) is 10.1 Å². The second kappa shape index (κ2) is 10.1. The van der Waals surface area contributed by atoms with E-state index in [1.807, 2.05) is 6.07 Å². The second-order valence-corrected chi connectivity index (χ2v) is 7.92. The minimum absolute atomic E-state index is 0.146. The van der Waals surface area contributed by atoms with Gasteiger partial charge in [-0.05, 0) is 48.0 Å². The van der Waals surface area contributed by atoms with Crippen molar-refractivity contribution in [2.45, 2.75) is 6.61 Å². The normalized spacial score (nSPS) is 10.6. The molecule has 0 saturated carbocycles. The van der Waals surface area contributed by atoms with Gasteiger partial charge in [-0.25, -0.2) is 14.2 Å². The summed E-state index contributed by atoms with van der Waals surface area (Å²) in [5.74, 6) is -0.565. The van der Waals surface area contributed by atoms with E-state index in [1.165, 1.54) is 23.5 Å². The van der Waals surface area contributed by atoms with Gasteiger partial charge in [-0.1, -0.05) is 35.6 Å². The molecule has 0 bridgehead atoms. The molecule has 0 saturated heterocycles. The molecular weight excluding hydrogens is 447 g/mol. The highest BCUT2D eigenvalue weighted by molar-refractivity contribution is 7.22. The number of hydrogen-bond acceptors (Lipinski definition) is 7. The smallest absolute Gasteiger partial charge is 0.342 e. The average Bonchev–Trinajstić information content (AvgIpc) is 3.23. The van der Waals surface area contributed by atoms with Crippen molar-refractivity contribution in [3.05, 3.63) is 83.7 Å². The molecule has 1 N–H and O–H groups in total. The van der Waals surface area contributed by atoms with Crippen molar-refractivity contribution < 1.29 is 28.2 Å². The van der Waals surface area contributed by atoms with Gasteiger partial charge in [0.1, 0.15) is 29.5 Å². The van der Waals surface area contributed by atoms with Gasteiger partial charge in [0.2, 0.25) is 0 Å². The van der Waals surface area contributed by atoms with Gasteiger partial charge in [-0.15, -0.1) is 0 Å². The molecule has 0 unspecified atom stereocenters. The Morgan fingerprint density at radius 3 is 2.64 bits per heavy atom. The fraction of sp³-hybridized carbons (Fsp3) is 0.125. The zero-order valence-corrected chi connectivity index (χ0v) is 18.4. The molecule has 3 aromatic carbocycles. The minimum atomic E-state index is -0.700. The predicted molar refractivity (Wildman–Crippen MR) is 122 cm³/mol. The fourth-order valence-electron chi connectivity index (χ4n) is 2.95. The van der Waals surface area contributed by atoms with E-state index in [-0.39, 0.29) is 18.0 Å². The number of halogens is 1. The molecular formula is C24H19FN2O5S. The monoisotopic (exact) mass is 466 g/mol. The Labute approximate surface area is 192 Å². The van der Waals surface area contributed by atoms with Crippen LogP contribution in [0.3, 0.4) is 0 Å². The number of carbonyl (C=O) groups is 2. The van der Waals surface area contributed by atoms with Crippen LogP contribution in [-0.2, 0) is 16.1 Å². The molecule has 0 radical (unpaired) electrons. The van der Waals surface area contributed by atoms with Crippen LogP contribution in [0.4, 0.5) is 9.52 Å². The lowest BCUT2D eigenvalue weighted by molar-refractivity contribution is -0.119. The predicted octanol–water partition coefficient (Wildman–Crippen LogP) is 4.82. The highest BCUT2D eigenvalue weighted by Gasteiger charge is 2.16. The van der Waals surface area contributed by atoms with Crippen LogP contribution in [0.5, 0.6) is 11.5 Å². The molecule has 0 aliphatic rings. The summed E-state index contributed by atoms with van der Waals surface area (Å²) in [5.41, 5.74) is 1.65. The first kappa shape index (κ1) is 22.2. The van der Waals surface area contributed by atoms with Crippen LogP contribution in [0, 0.1) is 5.82 Å². The largest absolute Gasteiger partial charge is 0.497 e. The van der Waals surface area contributed by atoms with Crippen molar-refractivity contribution >= 4 is 38.6 Å². The quantitative estimate of drug-likeness (QED) is 0.375. The number of para-hydroxylation sites is 1. The number of amides is 1. The molecule has 33 heavy (non-hydrogen) atoms. The van der Waals surface area contributed by atoms with Crippen LogP contribution in [0.2, 0.25) is 0 Å². The van der Waals surface area contributed by atoms with Crippen molar-refractivity contribution in [1.29, 1.82) is 0 Å². The molecule has 168 valence electrons. The van der Waals surface area contributed by atoms with Crippen LogP contribution >= 0.6 is 11.3 Å². The summed E-state index contributed by atoms with van der Waals surface area (Å²) < 4.78 is 29.9. The summed E-state index contributed by atoms with van der Waals surface area (Å²) in [6.45, 7) is -0.335. The number of rotatable bonds is 8. The maximum absolute atomic E-state index is 13.0. The fourth-order valence-corrected chi connectivity index (χ4v) is 3.86. The zero-order chi connectivity index (χ0) is 23.2. The van der Waals surface area contributed by atoms with Gasteiger partial charge >= 0.3 is 5.97 Å². The molecule has 0 fully saturated rings. The second-order valence-electron chi connectivity index (χ2n) is 6.89. The Morgan fingerprint density at radius 2 is 1.85 bits per heavy atom. The van der Waals surface area contributed by atoms with Crippen LogP contribution in [0.1, 0.15) is 15.9 Å². The highest BCUT2D eigenvalue weighted by atomic mass is 32.1. The maximum Gasteiger partial charge on any atom is 0.342 e. The summed E-state index contributed by atoms with van der Waals surface area (Å²) in [6, 6.07) is 17.8.